The molecule has 1 aliphatic heterocycles. The second kappa shape index (κ2) is 7.82. The maximum absolute atomic E-state index is 12.3. The quantitative estimate of drug-likeness (QED) is 0.780. The maximum atomic E-state index is 12.3. The molecule has 0 radical (unpaired) electrons. The Morgan fingerprint density at radius 2 is 2.04 bits per heavy atom. The van der Waals surface area contributed by atoms with Crippen LogP contribution in [0.1, 0.15) is 43.7 Å². The molecule has 25 heavy (non-hydrogen) atoms. The molecule has 1 aromatic rings. The molecule has 2 heterocycles. The smallest absolute Gasteiger partial charge is 0.410 e. The van der Waals surface area contributed by atoms with Crippen LogP contribution in [0.2, 0.25) is 0 Å². The number of hydrogen-bond donors (Lipinski definition) is 0. The van der Waals surface area contributed by atoms with Crippen molar-refractivity contribution in [1.82, 2.24) is 14.8 Å². The number of esters is 1. The van der Waals surface area contributed by atoms with Gasteiger partial charge in [-0.05, 0) is 39.3 Å². The Balaban J connectivity index is 2.00. The van der Waals surface area contributed by atoms with E-state index in [0.717, 1.165) is 5.56 Å². The Morgan fingerprint density at radius 3 is 2.64 bits per heavy atom. The molecular formula is C18H27N3O4. The number of nitrogens with zero attached hydrogens (tertiary/aromatic N) is 3. The van der Waals surface area contributed by atoms with Crippen molar-refractivity contribution < 1.29 is 19.1 Å². The summed E-state index contributed by atoms with van der Waals surface area (Å²) in [4.78, 5) is 32.2. The van der Waals surface area contributed by atoms with E-state index in [-0.39, 0.29) is 12.1 Å². The van der Waals surface area contributed by atoms with Crippen LogP contribution < -0.4 is 0 Å². The van der Waals surface area contributed by atoms with Crippen LogP contribution in [0.5, 0.6) is 0 Å². The predicted octanol–water partition coefficient (Wildman–Crippen LogP) is 2.31. The van der Waals surface area contributed by atoms with Crippen molar-refractivity contribution in [2.45, 2.75) is 45.9 Å². The van der Waals surface area contributed by atoms with E-state index in [1.807, 2.05) is 39.8 Å². The molecule has 1 aliphatic rings. The molecule has 0 bridgehead atoms. The minimum atomic E-state index is -0.501. The fourth-order valence-electron chi connectivity index (χ4n) is 2.86. The minimum absolute atomic E-state index is 0.0295. The van der Waals surface area contributed by atoms with Crippen LogP contribution in [0.15, 0.2) is 18.3 Å². The number of carbonyl (C=O) groups is 2. The lowest BCUT2D eigenvalue weighted by Crippen LogP contribution is -2.54. The third kappa shape index (κ3) is 5.16. The SMILES string of the molecule is COC(=O)c1ncccc1CN1CCN(C(=O)OC(C)(C)C)[C@H](C)C1. The monoisotopic (exact) mass is 349 g/mol. The summed E-state index contributed by atoms with van der Waals surface area (Å²) in [5, 5.41) is 0. The van der Waals surface area contributed by atoms with Gasteiger partial charge in [-0.3, -0.25) is 4.90 Å². The minimum Gasteiger partial charge on any atom is -0.464 e. The topological polar surface area (TPSA) is 72.0 Å². The lowest BCUT2D eigenvalue weighted by molar-refractivity contribution is 0.000533. The second-order valence-corrected chi connectivity index (χ2v) is 7.26. The normalized spacial score (nSPS) is 18.8. The standard InChI is InChI=1S/C18H27N3O4/c1-13-11-20(9-10-21(13)17(23)25-18(2,3)4)12-14-7-6-8-19-15(14)16(22)24-5/h6-8,13H,9-12H2,1-5H3/t13-/m1/s1. The van der Waals surface area contributed by atoms with Gasteiger partial charge in [-0.1, -0.05) is 6.07 Å². The molecule has 1 saturated heterocycles. The molecule has 0 spiro atoms. The van der Waals surface area contributed by atoms with Gasteiger partial charge in [-0.25, -0.2) is 14.6 Å². The summed E-state index contributed by atoms with van der Waals surface area (Å²) in [5.41, 5.74) is 0.665. The first-order valence-electron chi connectivity index (χ1n) is 8.45. The zero-order valence-corrected chi connectivity index (χ0v) is 15.6. The number of methoxy groups -OCH3 is 1. The fraction of sp³-hybridized carbons (Fsp3) is 0.611. The van der Waals surface area contributed by atoms with Gasteiger partial charge in [0.05, 0.1) is 7.11 Å². The highest BCUT2D eigenvalue weighted by Gasteiger charge is 2.31. The molecule has 7 heteroatoms. The number of piperazine rings is 1. The third-order valence-electron chi connectivity index (χ3n) is 4.00. The van der Waals surface area contributed by atoms with E-state index in [2.05, 4.69) is 9.88 Å². The van der Waals surface area contributed by atoms with Gasteiger partial charge in [0.1, 0.15) is 5.60 Å². The van der Waals surface area contributed by atoms with E-state index < -0.39 is 11.6 Å². The van der Waals surface area contributed by atoms with E-state index in [0.29, 0.717) is 31.9 Å². The van der Waals surface area contributed by atoms with Gasteiger partial charge < -0.3 is 14.4 Å². The Hall–Kier alpha value is -2.15. The molecule has 0 aliphatic carbocycles. The van der Waals surface area contributed by atoms with E-state index in [4.69, 9.17) is 9.47 Å². The third-order valence-corrected chi connectivity index (χ3v) is 4.00. The predicted molar refractivity (Wildman–Crippen MR) is 93.3 cm³/mol. The lowest BCUT2D eigenvalue weighted by atomic mass is 10.1. The van der Waals surface area contributed by atoms with Crippen LogP contribution in [0.3, 0.4) is 0 Å². The van der Waals surface area contributed by atoms with Crippen molar-refractivity contribution in [2.75, 3.05) is 26.7 Å². The Kier molecular flexibility index (Phi) is 6.00. The summed E-state index contributed by atoms with van der Waals surface area (Å²) in [5.74, 6) is -0.434. The van der Waals surface area contributed by atoms with E-state index in [1.54, 1.807) is 11.1 Å². The van der Waals surface area contributed by atoms with Gasteiger partial charge in [0.2, 0.25) is 0 Å². The lowest BCUT2D eigenvalue weighted by Gasteiger charge is -2.40. The molecule has 7 nitrogen and oxygen atoms in total. The summed E-state index contributed by atoms with van der Waals surface area (Å²) in [7, 11) is 1.35. The van der Waals surface area contributed by atoms with Gasteiger partial charge >= 0.3 is 12.1 Å². The molecule has 1 aromatic heterocycles. The van der Waals surface area contributed by atoms with Crippen molar-refractivity contribution in [2.24, 2.45) is 0 Å². The highest BCUT2D eigenvalue weighted by atomic mass is 16.6. The van der Waals surface area contributed by atoms with Crippen molar-refractivity contribution in [1.29, 1.82) is 0 Å². The van der Waals surface area contributed by atoms with Crippen molar-refractivity contribution >= 4 is 12.1 Å². The Bertz CT molecular complexity index is 627. The molecule has 0 unspecified atom stereocenters. The average Bonchev–Trinajstić information content (AvgIpc) is 2.53. The Morgan fingerprint density at radius 1 is 1.32 bits per heavy atom. The molecule has 1 atom stereocenters. The summed E-state index contributed by atoms with van der Waals surface area (Å²) in [6.07, 6.45) is 1.30. The zero-order chi connectivity index (χ0) is 18.6. The summed E-state index contributed by atoms with van der Waals surface area (Å²) >= 11 is 0. The molecule has 2 rings (SSSR count). The number of pyridine rings is 1. The molecule has 0 N–H and O–H groups in total. The molecule has 0 saturated carbocycles. The first-order valence-corrected chi connectivity index (χ1v) is 8.45. The Labute approximate surface area is 148 Å². The van der Waals surface area contributed by atoms with E-state index >= 15 is 0 Å². The zero-order valence-electron chi connectivity index (χ0n) is 15.6. The molecule has 0 aromatic carbocycles. The molecule has 1 amide bonds. The number of hydrogen-bond acceptors (Lipinski definition) is 6. The highest BCUT2D eigenvalue weighted by molar-refractivity contribution is 5.88. The van der Waals surface area contributed by atoms with Crippen LogP contribution in [0.25, 0.3) is 0 Å². The number of ether oxygens (including phenoxy) is 2. The van der Waals surface area contributed by atoms with Crippen LogP contribution in [-0.2, 0) is 16.0 Å². The second-order valence-electron chi connectivity index (χ2n) is 7.26. The van der Waals surface area contributed by atoms with E-state index in [9.17, 15) is 9.59 Å². The largest absolute Gasteiger partial charge is 0.464 e. The molecule has 138 valence electrons. The van der Waals surface area contributed by atoms with Gasteiger partial charge in [0.15, 0.2) is 5.69 Å². The fourth-order valence-corrected chi connectivity index (χ4v) is 2.86. The van der Waals surface area contributed by atoms with Gasteiger partial charge in [0, 0.05) is 38.4 Å². The number of aromatic nitrogens is 1. The number of amides is 1. The highest BCUT2D eigenvalue weighted by Crippen LogP contribution is 2.18. The maximum Gasteiger partial charge on any atom is 0.410 e. The average molecular weight is 349 g/mol. The first kappa shape index (κ1) is 19.2. The summed E-state index contributed by atoms with van der Waals surface area (Å²) in [6.45, 7) is 10.2. The van der Waals surface area contributed by atoms with Crippen LogP contribution >= 0.6 is 0 Å². The summed E-state index contributed by atoms with van der Waals surface area (Å²) < 4.78 is 10.3. The van der Waals surface area contributed by atoms with Crippen LogP contribution in [0, 0.1) is 0 Å². The van der Waals surface area contributed by atoms with E-state index in [1.165, 1.54) is 7.11 Å². The van der Waals surface area contributed by atoms with Crippen molar-refractivity contribution in [3.8, 4) is 0 Å². The molecule has 1 fully saturated rings. The van der Waals surface area contributed by atoms with Gasteiger partial charge in [-0.2, -0.15) is 0 Å². The number of rotatable bonds is 3. The van der Waals surface area contributed by atoms with Crippen molar-refractivity contribution in [3.63, 3.8) is 0 Å². The van der Waals surface area contributed by atoms with Gasteiger partial charge in [0.25, 0.3) is 0 Å². The first-order chi connectivity index (χ1) is 11.7. The van der Waals surface area contributed by atoms with Gasteiger partial charge in [-0.15, -0.1) is 0 Å². The van der Waals surface area contributed by atoms with Crippen molar-refractivity contribution in [3.05, 3.63) is 29.6 Å². The van der Waals surface area contributed by atoms with Crippen LogP contribution in [0.4, 0.5) is 4.79 Å². The number of carbonyl (C=O) groups excluding carboxylic acids is 2. The summed E-state index contributed by atoms with van der Waals surface area (Å²) in [6, 6.07) is 3.72. The van der Waals surface area contributed by atoms with Crippen LogP contribution in [-0.4, -0.2) is 65.2 Å². The molecular weight excluding hydrogens is 322 g/mol.